The Bertz CT molecular complexity index is 899. The van der Waals surface area contributed by atoms with Crippen LogP contribution >= 0.6 is 0 Å². The van der Waals surface area contributed by atoms with E-state index >= 15 is 0 Å². The fourth-order valence-corrected chi connectivity index (χ4v) is 4.38. The number of aliphatic hydroxyl groups excluding tert-OH is 1. The first kappa shape index (κ1) is 25.4. The van der Waals surface area contributed by atoms with E-state index in [9.17, 15) is 34.5 Å². The third-order valence-electron chi connectivity index (χ3n) is 6.25. The lowest BCUT2D eigenvalue weighted by atomic mass is 10.0. The molecule has 0 radical (unpaired) electrons. The Kier molecular flexibility index (Phi) is 8.46. The topological polar surface area (TPSA) is 168 Å². The summed E-state index contributed by atoms with van der Waals surface area (Å²) >= 11 is 0. The number of hydrogen-bond acceptors (Lipinski definition) is 7. The average Bonchev–Trinajstić information content (AvgIpc) is 3.49. The summed E-state index contributed by atoms with van der Waals surface area (Å²) in [4.78, 5) is 51.8. The van der Waals surface area contributed by atoms with Gasteiger partial charge in [-0.1, -0.05) is 12.1 Å². The normalized spacial score (nSPS) is 22.6. The average molecular weight is 477 g/mol. The standard InChI is InChI=1S/C23H32N4O7/c1-13(28)19(26-20(30)16-4-2-10-24-16)21(31)25-17(12-14-6-8-15(29)9-7-14)22(32)27-11-3-5-18(27)23(33)34/h6-9,13,16-19,24,28-29H,2-5,10-12H2,1H3,(H,25,31)(H,26,30)(H,33,34). The summed E-state index contributed by atoms with van der Waals surface area (Å²) in [5, 5.41) is 37.4. The Morgan fingerprint density at radius 2 is 1.82 bits per heavy atom. The number of nitrogens with zero attached hydrogens (tertiary/aromatic N) is 1. The van der Waals surface area contributed by atoms with Gasteiger partial charge in [0, 0.05) is 13.0 Å². The predicted molar refractivity (Wildman–Crippen MR) is 121 cm³/mol. The first-order valence-electron chi connectivity index (χ1n) is 11.5. The van der Waals surface area contributed by atoms with E-state index in [1.807, 2.05) is 0 Å². The number of carboxylic acid groups (broad SMARTS) is 1. The molecule has 2 aliphatic rings. The molecule has 0 bridgehead atoms. The summed E-state index contributed by atoms with van der Waals surface area (Å²) in [7, 11) is 0. The van der Waals surface area contributed by atoms with Crippen LogP contribution in [0.2, 0.25) is 0 Å². The SMILES string of the molecule is CC(O)C(NC(=O)C1CCCN1)C(=O)NC(Cc1ccc(O)cc1)C(=O)N1CCCC1C(=O)O. The number of carboxylic acids is 1. The fourth-order valence-electron chi connectivity index (χ4n) is 4.38. The monoisotopic (exact) mass is 476 g/mol. The number of phenols is 1. The van der Waals surface area contributed by atoms with Crippen LogP contribution in [0.5, 0.6) is 5.75 Å². The zero-order chi connectivity index (χ0) is 24.8. The summed E-state index contributed by atoms with van der Waals surface area (Å²) in [6.07, 6.45) is 1.11. The van der Waals surface area contributed by atoms with Crippen LogP contribution < -0.4 is 16.0 Å². The highest BCUT2D eigenvalue weighted by Gasteiger charge is 2.39. The van der Waals surface area contributed by atoms with Crippen molar-refractivity contribution in [2.75, 3.05) is 13.1 Å². The van der Waals surface area contributed by atoms with Crippen LogP contribution in [0.4, 0.5) is 0 Å². The molecule has 11 heteroatoms. The number of carbonyl (C=O) groups excluding carboxylic acids is 3. The van der Waals surface area contributed by atoms with Gasteiger partial charge in [-0.15, -0.1) is 0 Å². The second-order valence-corrected chi connectivity index (χ2v) is 8.84. The van der Waals surface area contributed by atoms with Crippen LogP contribution in [0.3, 0.4) is 0 Å². The van der Waals surface area contributed by atoms with Crippen molar-refractivity contribution in [3.05, 3.63) is 29.8 Å². The quantitative estimate of drug-likeness (QED) is 0.267. The van der Waals surface area contributed by atoms with Crippen LogP contribution in [-0.2, 0) is 25.6 Å². The van der Waals surface area contributed by atoms with Crippen molar-refractivity contribution in [1.29, 1.82) is 0 Å². The first-order chi connectivity index (χ1) is 16.2. The lowest BCUT2D eigenvalue weighted by molar-refractivity contribution is -0.149. The molecule has 186 valence electrons. The molecule has 1 aromatic carbocycles. The fraction of sp³-hybridized carbons (Fsp3) is 0.565. The largest absolute Gasteiger partial charge is 0.508 e. The van der Waals surface area contributed by atoms with Gasteiger partial charge in [0.2, 0.25) is 17.7 Å². The molecule has 3 amide bonds. The maximum Gasteiger partial charge on any atom is 0.326 e. The molecule has 2 fully saturated rings. The van der Waals surface area contributed by atoms with Gasteiger partial charge in [-0.25, -0.2) is 4.79 Å². The number of amides is 3. The summed E-state index contributed by atoms with van der Waals surface area (Å²) in [5.41, 5.74) is 0.635. The van der Waals surface area contributed by atoms with Gasteiger partial charge in [-0.2, -0.15) is 0 Å². The number of carbonyl (C=O) groups is 4. The molecule has 2 heterocycles. The van der Waals surface area contributed by atoms with Crippen molar-refractivity contribution in [1.82, 2.24) is 20.9 Å². The Labute approximate surface area is 197 Å². The molecule has 0 spiro atoms. The number of nitrogens with one attached hydrogen (secondary N) is 3. The lowest BCUT2D eigenvalue weighted by Gasteiger charge is -2.29. The Morgan fingerprint density at radius 1 is 1.12 bits per heavy atom. The predicted octanol–water partition coefficient (Wildman–Crippen LogP) is -0.887. The molecule has 0 aliphatic carbocycles. The molecule has 5 unspecified atom stereocenters. The molecule has 0 aromatic heterocycles. The van der Waals surface area contributed by atoms with E-state index < -0.39 is 54.0 Å². The minimum Gasteiger partial charge on any atom is -0.508 e. The molecule has 2 saturated heterocycles. The number of phenolic OH excluding ortho intramolecular Hbond substituents is 1. The minimum absolute atomic E-state index is 0.0400. The highest BCUT2D eigenvalue weighted by Crippen LogP contribution is 2.20. The zero-order valence-corrected chi connectivity index (χ0v) is 19.1. The highest BCUT2D eigenvalue weighted by atomic mass is 16.4. The zero-order valence-electron chi connectivity index (χ0n) is 19.1. The summed E-state index contributed by atoms with van der Waals surface area (Å²) in [5.74, 6) is -2.79. The number of aliphatic carboxylic acids is 1. The van der Waals surface area contributed by atoms with E-state index in [4.69, 9.17) is 0 Å². The van der Waals surface area contributed by atoms with E-state index in [1.54, 1.807) is 12.1 Å². The molecule has 5 atom stereocenters. The highest BCUT2D eigenvalue weighted by molar-refractivity contribution is 5.94. The van der Waals surface area contributed by atoms with E-state index in [2.05, 4.69) is 16.0 Å². The maximum atomic E-state index is 13.3. The summed E-state index contributed by atoms with van der Waals surface area (Å²) in [6.45, 7) is 2.30. The third-order valence-corrected chi connectivity index (χ3v) is 6.25. The molecule has 34 heavy (non-hydrogen) atoms. The molecule has 11 nitrogen and oxygen atoms in total. The lowest BCUT2D eigenvalue weighted by Crippen LogP contribution is -2.60. The van der Waals surface area contributed by atoms with Gasteiger partial charge >= 0.3 is 5.97 Å². The number of likely N-dealkylation sites (tertiary alicyclic amines) is 1. The van der Waals surface area contributed by atoms with Gasteiger partial charge < -0.3 is 36.2 Å². The van der Waals surface area contributed by atoms with Crippen LogP contribution in [0, 0.1) is 0 Å². The van der Waals surface area contributed by atoms with Crippen LogP contribution in [-0.4, -0.2) is 87.3 Å². The molecule has 3 rings (SSSR count). The van der Waals surface area contributed by atoms with Crippen LogP contribution in [0.25, 0.3) is 0 Å². The Hall–Kier alpha value is -3.18. The van der Waals surface area contributed by atoms with Crippen molar-refractivity contribution >= 4 is 23.7 Å². The molecule has 6 N–H and O–H groups in total. The van der Waals surface area contributed by atoms with Crippen molar-refractivity contribution in [3.63, 3.8) is 0 Å². The molecule has 0 saturated carbocycles. The minimum atomic E-state index is -1.29. The van der Waals surface area contributed by atoms with Crippen LogP contribution in [0.1, 0.15) is 38.2 Å². The van der Waals surface area contributed by atoms with E-state index in [1.165, 1.54) is 24.0 Å². The number of aliphatic hydroxyl groups is 1. The second kappa shape index (κ2) is 11.3. The van der Waals surface area contributed by atoms with Gasteiger partial charge in [-0.05, 0) is 56.8 Å². The van der Waals surface area contributed by atoms with Gasteiger partial charge in [0.25, 0.3) is 0 Å². The van der Waals surface area contributed by atoms with Crippen molar-refractivity contribution in [2.24, 2.45) is 0 Å². The smallest absolute Gasteiger partial charge is 0.326 e. The maximum absolute atomic E-state index is 13.3. The van der Waals surface area contributed by atoms with Crippen molar-refractivity contribution < 1.29 is 34.5 Å². The number of aromatic hydroxyl groups is 1. The van der Waals surface area contributed by atoms with Gasteiger partial charge in [0.15, 0.2) is 0 Å². The van der Waals surface area contributed by atoms with E-state index in [0.717, 1.165) is 6.42 Å². The van der Waals surface area contributed by atoms with Crippen molar-refractivity contribution in [3.8, 4) is 5.75 Å². The molecule has 1 aromatic rings. The van der Waals surface area contributed by atoms with E-state index in [0.29, 0.717) is 31.4 Å². The Balaban J connectivity index is 1.78. The van der Waals surface area contributed by atoms with Gasteiger partial charge in [-0.3, -0.25) is 14.4 Å². The van der Waals surface area contributed by atoms with Gasteiger partial charge in [0.1, 0.15) is 23.9 Å². The molecular weight excluding hydrogens is 444 g/mol. The van der Waals surface area contributed by atoms with E-state index in [-0.39, 0.29) is 18.7 Å². The van der Waals surface area contributed by atoms with Crippen molar-refractivity contribution in [2.45, 2.75) is 69.3 Å². The number of rotatable bonds is 9. The van der Waals surface area contributed by atoms with Gasteiger partial charge in [0.05, 0.1) is 12.1 Å². The molecular formula is C23H32N4O7. The third kappa shape index (κ3) is 6.23. The Morgan fingerprint density at radius 3 is 2.41 bits per heavy atom. The number of hydrogen-bond donors (Lipinski definition) is 6. The summed E-state index contributed by atoms with van der Waals surface area (Å²) in [6, 6.07) is 2.24. The number of benzene rings is 1. The molecule has 2 aliphatic heterocycles. The van der Waals surface area contributed by atoms with Crippen LogP contribution in [0.15, 0.2) is 24.3 Å². The summed E-state index contributed by atoms with van der Waals surface area (Å²) < 4.78 is 0. The first-order valence-corrected chi connectivity index (χ1v) is 11.5. The second-order valence-electron chi connectivity index (χ2n) is 8.84.